The SMILES string of the molecule is Cn1nccc1CCNC(=O)c1cc2cc(N)ccc2o1. The van der Waals surface area contributed by atoms with Gasteiger partial charge in [0, 0.05) is 43.0 Å². The van der Waals surface area contributed by atoms with Crippen LogP contribution in [0.15, 0.2) is 40.9 Å². The van der Waals surface area contributed by atoms with Crippen molar-refractivity contribution >= 4 is 22.6 Å². The summed E-state index contributed by atoms with van der Waals surface area (Å²) in [4.78, 5) is 12.1. The van der Waals surface area contributed by atoms with E-state index in [1.54, 1.807) is 35.1 Å². The van der Waals surface area contributed by atoms with Gasteiger partial charge in [-0.1, -0.05) is 0 Å². The van der Waals surface area contributed by atoms with Crippen LogP contribution in [0.25, 0.3) is 11.0 Å². The first kappa shape index (κ1) is 13.2. The van der Waals surface area contributed by atoms with Gasteiger partial charge in [-0.2, -0.15) is 5.10 Å². The van der Waals surface area contributed by atoms with Crippen LogP contribution >= 0.6 is 0 Å². The van der Waals surface area contributed by atoms with Crippen LogP contribution in [-0.2, 0) is 13.5 Å². The van der Waals surface area contributed by atoms with Crippen molar-refractivity contribution in [3.05, 3.63) is 48.0 Å². The number of furan rings is 1. The summed E-state index contributed by atoms with van der Waals surface area (Å²) in [6.07, 6.45) is 2.45. The maximum Gasteiger partial charge on any atom is 0.287 e. The standard InChI is InChI=1S/C15H16N4O2/c1-19-12(5-7-18-19)4-6-17-15(20)14-9-10-8-11(16)2-3-13(10)21-14/h2-3,5,7-9H,4,6,16H2,1H3,(H,17,20). The molecule has 2 aromatic heterocycles. The van der Waals surface area contributed by atoms with E-state index in [0.29, 0.717) is 23.6 Å². The Kier molecular flexibility index (Phi) is 3.35. The highest BCUT2D eigenvalue weighted by Crippen LogP contribution is 2.21. The fourth-order valence-electron chi connectivity index (χ4n) is 2.21. The van der Waals surface area contributed by atoms with Crippen LogP contribution in [0.4, 0.5) is 5.69 Å². The molecule has 0 atom stereocenters. The zero-order valence-corrected chi connectivity index (χ0v) is 11.7. The maximum atomic E-state index is 12.1. The number of benzene rings is 1. The van der Waals surface area contributed by atoms with Crippen LogP contribution in [0.5, 0.6) is 0 Å². The highest BCUT2D eigenvalue weighted by molar-refractivity contribution is 5.96. The average molecular weight is 284 g/mol. The largest absolute Gasteiger partial charge is 0.451 e. The third-order valence-corrected chi connectivity index (χ3v) is 3.35. The minimum Gasteiger partial charge on any atom is -0.451 e. The Morgan fingerprint density at radius 1 is 1.38 bits per heavy atom. The maximum absolute atomic E-state index is 12.1. The number of carbonyl (C=O) groups excluding carboxylic acids is 1. The number of aromatic nitrogens is 2. The number of rotatable bonds is 4. The van der Waals surface area contributed by atoms with Crippen molar-refractivity contribution in [3.63, 3.8) is 0 Å². The van der Waals surface area contributed by atoms with E-state index in [9.17, 15) is 4.79 Å². The topological polar surface area (TPSA) is 86.1 Å². The Balaban J connectivity index is 1.65. The summed E-state index contributed by atoms with van der Waals surface area (Å²) in [6, 6.07) is 8.92. The van der Waals surface area contributed by atoms with E-state index >= 15 is 0 Å². The molecule has 0 spiro atoms. The summed E-state index contributed by atoms with van der Waals surface area (Å²) < 4.78 is 7.30. The monoisotopic (exact) mass is 284 g/mol. The number of carbonyl (C=O) groups is 1. The van der Waals surface area contributed by atoms with Gasteiger partial charge in [0.15, 0.2) is 5.76 Å². The highest BCUT2D eigenvalue weighted by Gasteiger charge is 2.12. The molecule has 0 aliphatic carbocycles. The van der Waals surface area contributed by atoms with Crippen molar-refractivity contribution in [2.45, 2.75) is 6.42 Å². The number of nitrogens with zero attached hydrogens (tertiary/aromatic N) is 2. The van der Waals surface area contributed by atoms with Gasteiger partial charge >= 0.3 is 0 Å². The van der Waals surface area contributed by atoms with Crippen LogP contribution in [0, 0.1) is 0 Å². The Bertz CT molecular complexity index is 788. The van der Waals surface area contributed by atoms with Crippen molar-refractivity contribution in [1.29, 1.82) is 0 Å². The lowest BCUT2D eigenvalue weighted by atomic mass is 10.2. The number of hydrogen-bond acceptors (Lipinski definition) is 4. The first-order chi connectivity index (χ1) is 10.1. The number of nitrogen functional groups attached to an aromatic ring is 1. The van der Waals surface area contributed by atoms with Gasteiger partial charge in [0.2, 0.25) is 0 Å². The first-order valence-electron chi connectivity index (χ1n) is 6.67. The molecular formula is C15H16N4O2. The van der Waals surface area contributed by atoms with Gasteiger partial charge in [0.05, 0.1) is 0 Å². The fourth-order valence-corrected chi connectivity index (χ4v) is 2.21. The molecule has 6 heteroatoms. The van der Waals surface area contributed by atoms with E-state index in [-0.39, 0.29) is 5.91 Å². The molecule has 0 saturated carbocycles. The normalized spacial score (nSPS) is 10.9. The van der Waals surface area contributed by atoms with Gasteiger partial charge in [-0.15, -0.1) is 0 Å². The molecule has 0 bridgehead atoms. The number of fused-ring (bicyclic) bond motifs is 1. The predicted molar refractivity (Wildman–Crippen MR) is 79.9 cm³/mol. The predicted octanol–water partition coefficient (Wildman–Crippen LogP) is 1.72. The van der Waals surface area contributed by atoms with Gasteiger partial charge in [0.1, 0.15) is 5.58 Å². The zero-order chi connectivity index (χ0) is 14.8. The number of anilines is 1. The van der Waals surface area contributed by atoms with Crippen LogP contribution < -0.4 is 11.1 Å². The second kappa shape index (κ2) is 5.32. The summed E-state index contributed by atoms with van der Waals surface area (Å²) >= 11 is 0. The lowest BCUT2D eigenvalue weighted by Crippen LogP contribution is -2.25. The van der Waals surface area contributed by atoms with Gasteiger partial charge in [-0.05, 0) is 30.3 Å². The fraction of sp³-hybridized carbons (Fsp3) is 0.200. The molecule has 2 heterocycles. The summed E-state index contributed by atoms with van der Waals surface area (Å²) in [6.45, 7) is 0.525. The molecule has 0 saturated heterocycles. The van der Waals surface area contributed by atoms with E-state index in [1.807, 2.05) is 13.1 Å². The third-order valence-electron chi connectivity index (χ3n) is 3.35. The van der Waals surface area contributed by atoms with E-state index in [1.165, 1.54) is 0 Å². The smallest absolute Gasteiger partial charge is 0.287 e. The summed E-state index contributed by atoms with van der Waals surface area (Å²) in [5.74, 6) is 0.0625. The van der Waals surface area contributed by atoms with Gasteiger partial charge < -0.3 is 15.5 Å². The van der Waals surface area contributed by atoms with Crippen molar-refractivity contribution in [2.24, 2.45) is 7.05 Å². The van der Waals surface area contributed by atoms with E-state index in [4.69, 9.17) is 10.2 Å². The van der Waals surface area contributed by atoms with Crippen LogP contribution in [0.2, 0.25) is 0 Å². The van der Waals surface area contributed by atoms with Crippen LogP contribution in [-0.4, -0.2) is 22.2 Å². The Hall–Kier alpha value is -2.76. The van der Waals surface area contributed by atoms with E-state index < -0.39 is 0 Å². The number of amides is 1. The lowest BCUT2D eigenvalue weighted by Gasteiger charge is -2.03. The van der Waals surface area contributed by atoms with E-state index in [0.717, 1.165) is 17.5 Å². The van der Waals surface area contributed by atoms with Gasteiger partial charge in [-0.25, -0.2) is 0 Å². The van der Waals surface area contributed by atoms with Gasteiger partial charge in [-0.3, -0.25) is 9.48 Å². The summed E-state index contributed by atoms with van der Waals surface area (Å²) in [5.41, 5.74) is 8.07. The van der Waals surface area contributed by atoms with Crippen LogP contribution in [0.1, 0.15) is 16.2 Å². The molecule has 3 rings (SSSR count). The number of nitrogens with one attached hydrogen (secondary N) is 1. The van der Waals surface area contributed by atoms with Crippen molar-refractivity contribution in [1.82, 2.24) is 15.1 Å². The minimum absolute atomic E-state index is 0.230. The molecule has 21 heavy (non-hydrogen) atoms. The summed E-state index contributed by atoms with van der Waals surface area (Å²) in [5, 5.41) is 7.74. The molecule has 6 nitrogen and oxygen atoms in total. The second-order valence-electron chi connectivity index (χ2n) is 4.86. The van der Waals surface area contributed by atoms with Crippen molar-refractivity contribution in [3.8, 4) is 0 Å². The minimum atomic E-state index is -0.230. The Morgan fingerprint density at radius 2 is 2.24 bits per heavy atom. The number of nitrogens with two attached hydrogens (primary N) is 1. The molecule has 0 unspecified atom stereocenters. The molecule has 0 aliphatic rings. The number of aryl methyl sites for hydroxylation is 1. The third kappa shape index (κ3) is 2.74. The molecule has 3 aromatic rings. The molecule has 0 fully saturated rings. The molecule has 0 aliphatic heterocycles. The average Bonchev–Trinajstić information content (AvgIpc) is 3.05. The quantitative estimate of drug-likeness (QED) is 0.714. The van der Waals surface area contributed by atoms with Gasteiger partial charge in [0.25, 0.3) is 5.91 Å². The number of hydrogen-bond donors (Lipinski definition) is 2. The first-order valence-corrected chi connectivity index (χ1v) is 6.67. The van der Waals surface area contributed by atoms with Crippen LogP contribution in [0.3, 0.4) is 0 Å². The molecule has 0 radical (unpaired) electrons. The molecule has 1 aromatic carbocycles. The highest BCUT2D eigenvalue weighted by atomic mass is 16.3. The molecule has 3 N–H and O–H groups in total. The summed E-state index contributed by atoms with van der Waals surface area (Å²) in [7, 11) is 1.88. The molecule has 108 valence electrons. The van der Waals surface area contributed by atoms with E-state index in [2.05, 4.69) is 10.4 Å². The Morgan fingerprint density at radius 3 is 3.00 bits per heavy atom. The van der Waals surface area contributed by atoms with Crippen molar-refractivity contribution in [2.75, 3.05) is 12.3 Å². The second-order valence-corrected chi connectivity index (χ2v) is 4.86. The zero-order valence-electron chi connectivity index (χ0n) is 11.7. The molecular weight excluding hydrogens is 268 g/mol. The lowest BCUT2D eigenvalue weighted by molar-refractivity contribution is 0.0928. The van der Waals surface area contributed by atoms with Crippen molar-refractivity contribution < 1.29 is 9.21 Å². The molecule has 1 amide bonds. The Labute approximate surface area is 121 Å².